The van der Waals surface area contributed by atoms with E-state index in [9.17, 15) is 40.7 Å². The summed E-state index contributed by atoms with van der Waals surface area (Å²) in [6, 6.07) is -2.55. The summed E-state index contributed by atoms with van der Waals surface area (Å²) in [6.07, 6.45) is -5.46. The van der Waals surface area contributed by atoms with Crippen LogP contribution in [0, 0.1) is 41.4 Å². The first-order valence-corrected chi connectivity index (χ1v) is 23.4. The number of hydrogen-bond acceptors (Lipinski definition) is 13. The fourth-order valence-electron chi connectivity index (χ4n) is 9.64. The number of ketones is 3. The molecule has 1 amide bonds. The summed E-state index contributed by atoms with van der Waals surface area (Å²) in [7, 11) is -0.475. The Kier molecular flexibility index (Phi) is 16.8. The average Bonchev–Trinajstić information content (AvgIpc) is 3.29. The van der Waals surface area contributed by atoms with Gasteiger partial charge in [-0.15, -0.1) is 0 Å². The lowest BCUT2D eigenvalue weighted by molar-refractivity contribution is -0.265. The number of hydrogen-bond donors (Lipinski definition) is 3. The van der Waals surface area contributed by atoms with Gasteiger partial charge in [0.2, 0.25) is 5.79 Å². The minimum Gasteiger partial charge on any atom is -0.460 e. The van der Waals surface area contributed by atoms with E-state index in [1.165, 1.54) is 14.2 Å². The molecule has 0 aromatic heterocycles. The van der Waals surface area contributed by atoms with Crippen LogP contribution in [0.2, 0.25) is 0 Å². The van der Waals surface area contributed by atoms with Crippen LogP contribution in [0.25, 0.3) is 0 Å². The molecule has 2 saturated heterocycles. The number of fused-ring (bicyclic) bond motifs is 3. The van der Waals surface area contributed by atoms with Crippen molar-refractivity contribution in [3.05, 3.63) is 36.0 Å². The van der Waals surface area contributed by atoms with E-state index in [0.717, 1.165) is 10.5 Å². The van der Waals surface area contributed by atoms with Crippen molar-refractivity contribution in [3.8, 4) is 0 Å². The maximum atomic E-state index is 14.6. The molecule has 4 rings (SSSR count). The summed E-state index contributed by atoms with van der Waals surface area (Å²) in [5.41, 5.74) is 0.802. The molecular formula is C51H81NO13. The van der Waals surface area contributed by atoms with Gasteiger partial charge in [0, 0.05) is 61.1 Å². The normalized spacial score (nSPS) is 47.0. The molecule has 3 aliphatic heterocycles. The zero-order chi connectivity index (χ0) is 55.2. The standard InChI is InChI=1S/C51H81NO13/c1-30-16-12-11-13-17-31(2)42(61-8)28-38-21-19-36(7)51(60,65-38)48(57)49(58)52-23-15-14-18-39(52)50(59)64-43(33(4)26-37-20-22-40(53)44(27-37)62-9)29-41(54)32(3)25-35(6)46(56)47(63-10)45(55)34(5)24-30/h11-13,16-17,30,32-40,42-44,46-47,53,56,60H,14-15,18-29H2,1-10H3/b13-11+,16-12-,31-17+/t30-,32-,33-,34-,35+,36-,37+,38+,39+,40-,42+,43+,44-,46-,47+,51-/m1/s1/i9T3,22T2,39T,40T,44T. The van der Waals surface area contributed by atoms with Gasteiger partial charge < -0.3 is 43.9 Å². The molecule has 65 heavy (non-hydrogen) atoms. The Labute approximate surface area is 399 Å². The molecule has 0 unspecified atom stereocenters. The second kappa shape index (κ2) is 25.3. The number of cyclic esters (lactones) is 1. The van der Waals surface area contributed by atoms with Gasteiger partial charge in [0.25, 0.3) is 11.7 Å². The van der Waals surface area contributed by atoms with E-state index in [0.29, 0.717) is 12.8 Å². The number of ether oxygens (including phenoxy) is 5. The molecule has 14 heteroatoms. The summed E-state index contributed by atoms with van der Waals surface area (Å²) in [5, 5.41) is 34.5. The van der Waals surface area contributed by atoms with Crippen molar-refractivity contribution in [2.75, 3.05) is 27.8 Å². The van der Waals surface area contributed by atoms with Crippen LogP contribution in [0.1, 0.15) is 143 Å². The minimum atomic E-state index is -3.33. The highest BCUT2D eigenvalue weighted by Crippen LogP contribution is 2.38. The third kappa shape index (κ3) is 14.4. The lowest BCUT2D eigenvalue weighted by Gasteiger charge is -2.42. The first-order valence-electron chi connectivity index (χ1n) is 27.4. The predicted molar refractivity (Wildman–Crippen MR) is 245 cm³/mol. The van der Waals surface area contributed by atoms with Gasteiger partial charge in [-0.05, 0) is 107 Å². The summed E-state index contributed by atoms with van der Waals surface area (Å²) < 4.78 is 95.2. The molecule has 368 valence electrons. The smallest absolute Gasteiger partial charge is 0.329 e. The van der Waals surface area contributed by atoms with Gasteiger partial charge in [-0.2, -0.15) is 0 Å². The first kappa shape index (κ1) is 43.2. The van der Waals surface area contributed by atoms with Crippen LogP contribution in [0.3, 0.4) is 0 Å². The first-order chi connectivity index (χ1) is 33.7. The molecule has 14 nitrogen and oxygen atoms in total. The van der Waals surface area contributed by atoms with E-state index in [1.54, 1.807) is 34.6 Å². The van der Waals surface area contributed by atoms with Crippen molar-refractivity contribution in [3.63, 3.8) is 0 Å². The highest BCUT2D eigenvalue weighted by molar-refractivity contribution is 6.39. The number of esters is 1. The van der Waals surface area contributed by atoms with E-state index in [4.69, 9.17) is 33.3 Å². The number of carbonyl (C=O) groups is 5. The molecule has 1 aliphatic carbocycles. The summed E-state index contributed by atoms with van der Waals surface area (Å²) in [6.45, 7) is 11.7. The molecule has 0 aromatic rings. The Morgan fingerprint density at radius 3 is 2.35 bits per heavy atom. The van der Waals surface area contributed by atoms with Crippen molar-refractivity contribution < 1.29 is 73.9 Å². The topological polar surface area (TPSA) is 195 Å². The van der Waals surface area contributed by atoms with Gasteiger partial charge in [-0.25, -0.2) is 4.79 Å². The second-order valence-electron chi connectivity index (χ2n) is 19.2. The van der Waals surface area contributed by atoms with Crippen LogP contribution in [-0.2, 0) is 47.7 Å². The molecular weight excluding hydrogens is 835 g/mol. The van der Waals surface area contributed by atoms with Crippen LogP contribution in [0.15, 0.2) is 36.0 Å². The molecule has 2 bridgehead atoms. The Morgan fingerprint density at radius 1 is 0.923 bits per heavy atom. The van der Waals surface area contributed by atoms with E-state index < -0.39 is 146 Å². The number of allylic oxidation sites excluding steroid dienone is 5. The van der Waals surface area contributed by atoms with E-state index >= 15 is 0 Å². The third-order valence-electron chi connectivity index (χ3n) is 13.9. The Morgan fingerprint density at radius 2 is 1.66 bits per heavy atom. The van der Waals surface area contributed by atoms with E-state index in [-0.39, 0.29) is 63.2 Å². The van der Waals surface area contributed by atoms with Gasteiger partial charge in [-0.1, -0.05) is 71.9 Å². The maximum absolute atomic E-state index is 14.6. The number of carbonyl (C=O) groups excluding carboxylic acids is 5. The quantitative estimate of drug-likeness (QED) is 0.200. The molecule has 3 N–H and O–H groups in total. The molecule has 3 fully saturated rings. The van der Waals surface area contributed by atoms with E-state index in [2.05, 4.69) is 0 Å². The van der Waals surface area contributed by atoms with Crippen molar-refractivity contribution >= 4 is 29.2 Å². The SMILES string of the molecule is [3H]C([3H])([3H])O[C@]1([3H])C[C@H](C[C@@H](C)[C@@H]2CC(=O)[C@H](C)C[C@H](C)[C@@H](O)[C@@H](OC)C(=O)[C@H](C)C[C@H](C)\C=C/C=C/C=C(\C)[C@@H](OC)C[C@@H]3CC[C@@H](C)[C@@](O)(O3)C(=O)C(=O)N3CCCC[C@@]3([3H])C(=O)O2)CC([3H])([3H])[C@@]1([3H])O. The molecule has 0 radical (unpaired) electrons. The third-order valence-corrected chi connectivity index (χ3v) is 13.9. The maximum Gasteiger partial charge on any atom is 0.329 e. The summed E-state index contributed by atoms with van der Waals surface area (Å²) in [5.74, 6) is -12.4. The molecule has 3 heterocycles. The van der Waals surface area contributed by atoms with Crippen LogP contribution < -0.4 is 0 Å². The lowest BCUT2D eigenvalue weighted by atomic mass is 9.78. The monoisotopic (exact) mass is 932 g/mol. The van der Waals surface area contributed by atoms with Crippen molar-refractivity contribution in [1.29, 1.82) is 0 Å². The number of Topliss-reactive ketones (excluding diaryl/α,β-unsaturated/α-hetero) is 3. The number of amides is 1. The molecule has 16 atom stereocenters. The number of aliphatic hydroxyl groups excluding tert-OH is 1. The Balaban J connectivity index is 1.77. The minimum absolute atomic E-state index is 0.0386. The molecule has 0 spiro atoms. The fourth-order valence-corrected chi connectivity index (χ4v) is 9.64. The Bertz CT molecular complexity index is 2050. The summed E-state index contributed by atoms with van der Waals surface area (Å²) >= 11 is 0. The Hall–Kier alpha value is -3.11. The van der Waals surface area contributed by atoms with Crippen LogP contribution in [0.5, 0.6) is 0 Å². The number of rotatable bonds is 6. The van der Waals surface area contributed by atoms with Gasteiger partial charge in [-0.3, -0.25) is 19.2 Å². The van der Waals surface area contributed by atoms with Crippen LogP contribution >= 0.6 is 0 Å². The van der Waals surface area contributed by atoms with Gasteiger partial charge in [0.15, 0.2) is 5.78 Å². The zero-order valence-electron chi connectivity index (χ0n) is 47.9. The highest BCUT2D eigenvalue weighted by atomic mass is 16.6. The molecule has 1 saturated carbocycles. The number of aliphatic hydroxyl groups is 3. The summed E-state index contributed by atoms with van der Waals surface area (Å²) in [4.78, 5) is 72.2. The second-order valence-corrected chi connectivity index (χ2v) is 19.2. The molecule has 4 aliphatic rings. The van der Waals surface area contributed by atoms with E-state index in [1.807, 2.05) is 44.2 Å². The van der Waals surface area contributed by atoms with Crippen LogP contribution in [0.4, 0.5) is 0 Å². The van der Waals surface area contributed by atoms with Gasteiger partial charge in [0.05, 0.1) is 38.7 Å². The largest absolute Gasteiger partial charge is 0.460 e. The van der Waals surface area contributed by atoms with Crippen molar-refractivity contribution in [2.24, 2.45) is 41.4 Å². The van der Waals surface area contributed by atoms with Gasteiger partial charge >= 0.3 is 5.97 Å². The zero-order valence-corrected chi connectivity index (χ0v) is 39.9. The number of methoxy groups -OCH3 is 3. The van der Waals surface area contributed by atoms with Crippen LogP contribution in [-0.4, -0.2) is 132 Å². The fraction of sp³-hybridized carbons (Fsp3) is 0.784. The average molecular weight is 932 g/mol. The number of nitrogens with zero attached hydrogens (tertiary/aromatic N) is 1. The van der Waals surface area contributed by atoms with Crippen molar-refractivity contribution in [2.45, 2.75) is 186 Å². The number of piperidine rings is 1. The highest BCUT2D eigenvalue weighted by Gasteiger charge is 2.53. The molecule has 0 aromatic carbocycles. The van der Waals surface area contributed by atoms with Crippen molar-refractivity contribution in [1.82, 2.24) is 4.90 Å². The predicted octanol–water partition coefficient (Wildman–Crippen LogP) is 6.26. The lowest BCUT2D eigenvalue weighted by Crippen LogP contribution is -2.61. The van der Waals surface area contributed by atoms with Gasteiger partial charge in [0.1, 0.15) is 24.0 Å².